The summed E-state index contributed by atoms with van der Waals surface area (Å²) in [4.78, 5) is 19.6. The zero-order valence-corrected chi connectivity index (χ0v) is 17.0. The largest absolute Gasteiger partial charge is 0.454 e. The fraction of sp³-hybridized carbons (Fsp3) is 0.200. The Morgan fingerprint density at radius 1 is 1.17 bits per heavy atom. The lowest BCUT2D eigenvalue weighted by Crippen LogP contribution is -2.08. The highest BCUT2D eigenvalue weighted by Crippen LogP contribution is 2.38. The predicted octanol–water partition coefficient (Wildman–Crippen LogP) is 4.49. The Morgan fingerprint density at radius 2 is 2.07 bits per heavy atom. The van der Waals surface area contributed by atoms with Crippen molar-refractivity contribution >= 4 is 39.0 Å². The first kappa shape index (κ1) is 18.1. The lowest BCUT2D eigenvalue weighted by molar-refractivity contribution is 0.174. The van der Waals surface area contributed by atoms with Gasteiger partial charge in [-0.05, 0) is 31.0 Å². The zero-order chi connectivity index (χ0) is 19.8. The predicted molar refractivity (Wildman–Crippen MR) is 113 cm³/mol. The van der Waals surface area contributed by atoms with E-state index in [0.29, 0.717) is 28.9 Å². The number of nitrogens with zero attached hydrogens (tertiary/aromatic N) is 4. The molecule has 0 aliphatic carbocycles. The molecule has 1 aromatic carbocycles. The van der Waals surface area contributed by atoms with Gasteiger partial charge in [-0.25, -0.2) is 15.0 Å². The molecule has 0 amide bonds. The molecule has 4 aromatic rings. The molecule has 1 aliphatic heterocycles. The Labute approximate surface area is 175 Å². The number of hydrogen-bond acceptors (Lipinski definition) is 8. The molecule has 7 nitrogen and oxygen atoms in total. The Hall–Kier alpha value is -2.97. The standard InChI is InChI=1S/C20H16ClN5O2S/c1-11-17(21)16-19(24-5-4-12-2-3-14-15(8-12)28-10-27-14)25-18(26-20(16)29-11)13-9-22-6-7-23-13/h2-3,6-9H,4-5,10H2,1H3,(H,24,25,26). The summed E-state index contributed by atoms with van der Waals surface area (Å²) in [5.41, 5.74) is 1.77. The van der Waals surface area contributed by atoms with Gasteiger partial charge in [-0.1, -0.05) is 17.7 Å². The van der Waals surface area contributed by atoms with Gasteiger partial charge < -0.3 is 14.8 Å². The molecule has 1 N–H and O–H groups in total. The lowest BCUT2D eigenvalue weighted by Gasteiger charge is -2.09. The van der Waals surface area contributed by atoms with Crippen LogP contribution in [-0.4, -0.2) is 33.3 Å². The first-order chi connectivity index (χ1) is 14.2. The van der Waals surface area contributed by atoms with Crippen molar-refractivity contribution in [3.63, 3.8) is 0 Å². The highest BCUT2D eigenvalue weighted by molar-refractivity contribution is 7.19. The maximum Gasteiger partial charge on any atom is 0.231 e. The summed E-state index contributed by atoms with van der Waals surface area (Å²) in [6.45, 7) is 2.93. The molecule has 0 radical (unpaired) electrons. The monoisotopic (exact) mass is 425 g/mol. The number of thiophene rings is 1. The molecular weight excluding hydrogens is 410 g/mol. The van der Waals surface area contributed by atoms with E-state index < -0.39 is 0 Å². The Bertz CT molecular complexity index is 1200. The number of aromatic nitrogens is 4. The van der Waals surface area contributed by atoms with Crippen LogP contribution in [0.25, 0.3) is 21.7 Å². The average molecular weight is 426 g/mol. The molecule has 0 atom stereocenters. The second-order valence-corrected chi connectivity index (χ2v) is 8.08. The molecular formula is C20H16ClN5O2S. The fourth-order valence-corrected chi connectivity index (χ4v) is 4.42. The average Bonchev–Trinajstić information content (AvgIpc) is 3.32. The third-order valence-electron chi connectivity index (χ3n) is 4.59. The van der Waals surface area contributed by atoms with Crippen molar-refractivity contribution in [3.8, 4) is 23.0 Å². The van der Waals surface area contributed by atoms with Crippen LogP contribution in [0.5, 0.6) is 11.5 Å². The summed E-state index contributed by atoms with van der Waals surface area (Å²) in [6, 6.07) is 5.98. The molecule has 0 spiro atoms. The van der Waals surface area contributed by atoms with E-state index in [1.807, 2.05) is 25.1 Å². The fourth-order valence-electron chi connectivity index (χ4n) is 3.16. The number of nitrogens with one attached hydrogen (secondary N) is 1. The number of ether oxygens (including phenoxy) is 2. The SMILES string of the molecule is Cc1sc2nc(-c3cnccn3)nc(NCCc3ccc4c(c3)OCO4)c2c1Cl. The highest BCUT2D eigenvalue weighted by Gasteiger charge is 2.18. The Balaban J connectivity index is 1.43. The van der Waals surface area contributed by atoms with Crippen molar-refractivity contribution in [1.29, 1.82) is 0 Å². The first-order valence-electron chi connectivity index (χ1n) is 9.04. The number of anilines is 1. The molecule has 0 saturated heterocycles. The van der Waals surface area contributed by atoms with E-state index in [4.69, 9.17) is 21.1 Å². The Morgan fingerprint density at radius 3 is 2.93 bits per heavy atom. The van der Waals surface area contributed by atoms with E-state index in [0.717, 1.165) is 38.6 Å². The number of fused-ring (bicyclic) bond motifs is 2. The smallest absolute Gasteiger partial charge is 0.231 e. The molecule has 0 saturated carbocycles. The highest BCUT2D eigenvalue weighted by atomic mass is 35.5. The van der Waals surface area contributed by atoms with Crippen LogP contribution >= 0.6 is 22.9 Å². The van der Waals surface area contributed by atoms with E-state index >= 15 is 0 Å². The topological polar surface area (TPSA) is 82.1 Å². The van der Waals surface area contributed by atoms with E-state index in [1.54, 1.807) is 29.9 Å². The summed E-state index contributed by atoms with van der Waals surface area (Å²) < 4.78 is 10.8. The number of halogens is 1. The second-order valence-electron chi connectivity index (χ2n) is 6.50. The van der Waals surface area contributed by atoms with Gasteiger partial charge in [0.15, 0.2) is 17.3 Å². The van der Waals surface area contributed by atoms with Crippen LogP contribution in [-0.2, 0) is 6.42 Å². The first-order valence-corrected chi connectivity index (χ1v) is 10.2. The normalized spacial score (nSPS) is 12.5. The number of rotatable bonds is 5. The minimum Gasteiger partial charge on any atom is -0.454 e. The van der Waals surface area contributed by atoms with Crippen LogP contribution in [0.2, 0.25) is 5.02 Å². The van der Waals surface area contributed by atoms with Crippen LogP contribution in [0.15, 0.2) is 36.8 Å². The number of hydrogen-bond donors (Lipinski definition) is 1. The molecule has 4 heterocycles. The quantitative estimate of drug-likeness (QED) is 0.504. The summed E-state index contributed by atoms with van der Waals surface area (Å²) in [7, 11) is 0. The summed E-state index contributed by atoms with van der Waals surface area (Å²) in [5.74, 6) is 2.79. The lowest BCUT2D eigenvalue weighted by atomic mass is 10.1. The van der Waals surface area contributed by atoms with Gasteiger partial charge in [0.05, 0.1) is 16.6 Å². The van der Waals surface area contributed by atoms with Crippen LogP contribution in [0.3, 0.4) is 0 Å². The molecule has 3 aromatic heterocycles. The van der Waals surface area contributed by atoms with Crippen LogP contribution < -0.4 is 14.8 Å². The van der Waals surface area contributed by atoms with Gasteiger partial charge in [0.1, 0.15) is 16.3 Å². The minimum absolute atomic E-state index is 0.275. The number of benzene rings is 1. The molecule has 146 valence electrons. The summed E-state index contributed by atoms with van der Waals surface area (Å²) in [6.07, 6.45) is 5.70. The third kappa shape index (κ3) is 3.45. The van der Waals surface area contributed by atoms with Crippen molar-refractivity contribution in [3.05, 3.63) is 52.3 Å². The van der Waals surface area contributed by atoms with Crippen LogP contribution in [0.4, 0.5) is 5.82 Å². The van der Waals surface area contributed by atoms with Gasteiger partial charge in [0.2, 0.25) is 6.79 Å². The molecule has 29 heavy (non-hydrogen) atoms. The maximum atomic E-state index is 6.54. The van der Waals surface area contributed by atoms with Crippen LogP contribution in [0, 0.1) is 6.92 Å². The summed E-state index contributed by atoms with van der Waals surface area (Å²) in [5, 5.41) is 4.94. The van der Waals surface area contributed by atoms with E-state index in [9.17, 15) is 0 Å². The molecule has 1 aliphatic rings. The molecule has 0 unspecified atom stereocenters. The maximum absolute atomic E-state index is 6.54. The van der Waals surface area contributed by atoms with Crippen molar-refractivity contribution < 1.29 is 9.47 Å². The van der Waals surface area contributed by atoms with E-state index in [-0.39, 0.29) is 6.79 Å². The van der Waals surface area contributed by atoms with Gasteiger partial charge in [0, 0.05) is 23.8 Å². The third-order valence-corrected chi connectivity index (χ3v) is 6.17. The van der Waals surface area contributed by atoms with Gasteiger partial charge in [0.25, 0.3) is 0 Å². The summed E-state index contributed by atoms with van der Waals surface area (Å²) >= 11 is 8.08. The van der Waals surface area contributed by atoms with Gasteiger partial charge in [-0.15, -0.1) is 11.3 Å². The molecule has 0 fully saturated rings. The molecule has 0 bridgehead atoms. The van der Waals surface area contributed by atoms with Gasteiger partial charge in [-0.3, -0.25) is 4.98 Å². The van der Waals surface area contributed by atoms with Crippen molar-refractivity contribution in [2.45, 2.75) is 13.3 Å². The van der Waals surface area contributed by atoms with Crippen molar-refractivity contribution in [1.82, 2.24) is 19.9 Å². The van der Waals surface area contributed by atoms with Crippen molar-refractivity contribution in [2.24, 2.45) is 0 Å². The molecule has 5 rings (SSSR count). The van der Waals surface area contributed by atoms with Gasteiger partial charge in [-0.2, -0.15) is 0 Å². The van der Waals surface area contributed by atoms with Gasteiger partial charge >= 0.3 is 0 Å². The second kappa shape index (κ2) is 7.46. The Kier molecular flexibility index (Phi) is 4.65. The minimum atomic E-state index is 0.275. The van der Waals surface area contributed by atoms with Crippen molar-refractivity contribution in [2.75, 3.05) is 18.7 Å². The van der Waals surface area contributed by atoms with E-state index in [1.165, 1.54) is 0 Å². The number of aryl methyl sites for hydroxylation is 1. The zero-order valence-electron chi connectivity index (χ0n) is 15.5. The van der Waals surface area contributed by atoms with E-state index in [2.05, 4.69) is 25.3 Å². The van der Waals surface area contributed by atoms with Crippen LogP contribution in [0.1, 0.15) is 10.4 Å². The molecule has 9 heteroatoms.